The van der Waals surface area contributed by atoms with Gasteiger partial charge in [0, 0.05) is 11.1 Å². The predicted octanol–water partition coefficient (Wildman–Crippen LogP) is 4.60. The summed E-state index contributed by atoms with van der Waals surface area (Å²) < 4.78 is 0. The first-order chi connectivity index (χ1) is 9.79. The summed E-state index contributed by atoms with van der Waals surface area (Å²) in [6.07, 6.45) is 0.828. The molecule has 0 fully saturated rings. The zero-order chi connectivity index (χ0) is 13.9. The summed E-state index contributed by atoms with van der Waals surface area (Å²) in [4.78, 5) is 11.7. The molecule has 2 nitrogen and oxygen atoms in total. The molecule has 0 radical (unpaired) electrons. The van der Waals surface area contributed by atoms with E-state index in [-0.39, 0.29) is 5.75 Å². The number of aromatic hydroxyl groups is 1. The fourth-order valence-corrected chi connectivity index (χ4v) is 2.91. The lowest BCUT2D eigenvalue weighted by molar-refractivity contribution is 0.112. The normalized spacial score (nSPS) is 10.4. The van der Waals surface area contributed by atoms with Gasteiger partial charge in [-0.15, -0.1) is 11.3 Å². The van der Waals surface area contributed by atoms with Gasteiger partial charge in [0.05, 0.1) is 4.88 Å². The molecule has 2 aromatic carbocycles. The molecular formula is C17H12O2S. The van der Waals surface area contributed by atoms with Crippen LogP contribution in [0.3, 0.4) is 0 Å². The average Bonchev–Trinajstić information content (AvgIpc) is 2.97. The number of carbonyl (C=O) groups is 1. The van der Waals surface area contributed by atoms with Crippen LogP contribution in [0, 0.1) is 0 Å². The highest BCUT2D eigenvalue weighted by Crippen LogP contribution is 2.36. The maximum Gasteiger partial charge on any atom is 0.160 e. The van der Waals surface area contributed by atoms with Crippen LogP contribution >= 0.6 is 11.3 Å². The Morgan fingerprint density at radius 2 is 1.70 bits per heavy atom. The average molecular weight is 280 g/mol. The third-order valence-corrected chi connectivity index (χ3v) is 4.04. The Bertz CT molecular complexity index is 745. The predicted molar refractivity (Wildman–Crippen MR) is 82.2 cm³/mol. The summed E-state index contributed by atoms with van der Waals surface area (Å²) in [7, 11) is 0. The number of rotatable bonds is 3. The molecule has 3 aromatic rings. The summed E-state index contributed by atoms with van der Waals surface area (Å²) >= 11 is 1.38. The molecule has 0 aliphatic rings. The molecule has 0 unspecified atom stereocenters. The van der Waals surface area contributed by atoms with Gasteiger partial charge >= 0.3 is 0 Å². The molecule has 20 heavy (non-hydrogen) atoms. The van der Waals surface area contributed by atoms with Crippen molar-refractivity contribution < 1.29 is 9.90 Å². The molecule has 3 heteroatoms. The molecular weight excluding hydrogens is 268 g/mol. The van der Waals surface area contributed by atoms with Crippen LogP contribution in [0.1, 0.15) is 9.67 Å². The maximum absolute atomic E-state index is 11.1. The van der Waals surface area contributed by atoms with Gasteiger partial charge < -0.3 is 5.11 Å². The molecule has 0 saturated carbocycles. The second-order valence-corrected chi connectivity index (χ2v) is 5.36. The number of hydrogen-bond acceptors (Lipinski definition) is 3. The van der Waals surface area contributed by atoms with Gasteiger partial charge in [0.15, 0.2) is 6.29 Å². The van der Waals surface area contributed by atoms with Crippen molar-refractivity contribution in [2.75, 3.05) is 0 Å². The maximum atomic E-state index is 11.1. The SMILES string of the molecule is O=Cc1sccc1-c1cc(-c2ccccc2)ccc1O. The minimum atomic E-state index is 0.186. The van der Waals surface area contributed by atoms with Crippen LogP contribution in [-0.4, -0.2) is 11.4 Å². The second-order valence-electron chi connectivity index (χ2n) is 4.41. The highest BCUT2D eigenvalue weighted by Gasteiger charge is 2.11. The van der Waals surface area contributed by atoms with Crippen molar-refractivity contribution in [3.05, 3.63) is 64.9 Å². The molecule has 1 heterocycles. The number of phenolic OH excluding ortho intramolecular Hbond substituents is 1. The largest absolute Gasteiger partial charge is 0.507 e. The molecule has 98 valence electrons. The lowest BCUT2D eigenvalue weighted by Crippen LogP contribution is -1.84. The third kappa shape index (κ3) is 2.24. The van der Waals surface area contributed by atoms with E-state index < -0.39 is 0 Å². The molecule has 0 atom stereocenters. The third-order valence-electron chi connectivity index (χ3n) is 3.20. The summed E-state index contributed by atoms with van der Waals surface area (Å²) in [5.74, 6) is 0.186. The zero-order valence-electron chi connectivity index (χ0n) is 10.6. The Hall–Kier alpha value is -2.39. The quantitative estimate of drug-likeness (QED) is 0.712. The monoisotopic (exact) mass is 280 g/mol. The zero-order valence-corrected chi connectivity index (χ0v) is 11.4. The standard InChI is InChI=1S/C17H12O2S/c18-11-17-14(8-9-20-17)15-10-13(6-7-16(15)19)12-4-2-1-3-5-12/h1-11,19H. The Morgan fingerprint density at radius 3 is 2.45 bits per heavy atom. The lowest BCUT2D eigenvalue weighted by Gasteiger charge is -2.08. The number of thiophene rings is 1. The number of hydrogen-bond donors (Lipinski definition) is 1. The van der Waals surface area contributed by atoms with Gasteiger partial charge in [-0.1, -0.05) is 36.4 Å². The van der Waals surface area contributed by atoms with E-state index in [1.165, 1.54) is 11.3 Å². The molecule has 3 rings (SSSR count). The topological polar surface area (TPSA) is 37.3 Å². The van der Waals surface area contributed by atoms with E-state index >= 15 is 0 Å². The van der Waals surface area contributed by atoms with Crippen molar-refractivity contribution in [1.29, 1.82) is 0 Å². The van der Waals surface area contributed by atoms with Crippen LogP contribution in [0.5, 0.6) is 5.75 Å². The highest BCUT2D eigenvalue weighted by atomic mass is 32.1. The molecule has 1 aromatic heterocycles. The Morgan fingerprint density at radius 1 is 0.900 bits per heavy atom. The van der Waals surface area contributed by atoms with Crippen LogP contribution in [0.15, 0.2) is 60.0 Å². The Kier molecular flexibility index (Phi) is 3.35. The van der Waals surface area contributed by atoms with Gasteiger partial charge in [-0.2, -0.15) is 0 Å². The van der Waals surface area contributed by atoms with Crippen LogP contribution in [0.2, 0.25) is 0 Å². The van der Waals surface area contributed by atoms with E-state index in [4.69, 9.17) is 0 Å². The first-order valence-corrected chi connectivity index (χ1v) is 7.09. The smallest absolute Gasteiger partial charge is 0.160 e. The van der Waals surface area contributed by atoms with Crippen molar-refractivity contribution >= 4 is 17.6 Å². The number of phenols is 1. The number of aldehydes is 1. The van der Waals surface area contributed by atoms with Gasteiger partial charge in [-0.3, -0.25) is 4.79 Å². The van der Waals surface area contributed by atoms with Crippen LogP contribution in [0.4, 0.5) is 0 Å². The van der Waals surface area contributed by atoms with E-state index in [1.807, 2.05) is 53.9 Å². The van der Waals surface area contributed by atoms with Gasteiger partial charge in [0.1, 0.15) is 5.75 Å². The van der Waals surface area contributed by atoms with Crippen molar-refractivity contribution in [1.82, 2.24) is 0 Å². The Labute approximate surface area is 121 Å². The van der Waals surface area contributed by atoms with E-state index in [0.29, 0.717) is 10.4 Å². The van der Waals surface area contributed by atoms with E-state index in [1.54, 1.807) is 6.07 Å². The molecule has 0 spiro atoms. The fraction of sp³-hybridized carbons (Fsp3) is 0. The van der Waals surface area contributed by atoms with Crippen LogP contribution in [0.25, 0.3) is 22.3 Å². The molecule has 0 bridgehead atoms. The molecule has 0 saturated heterocycles. The Balaban J connectivity index is 2.15. The summed E-state index contributed by atoms with van der Waals surface area (Å²) in [6, 6.07) is 17.3. The van der Waals surface area contributed by atoms with Gasteiger partial charge in [0.2, 0.25) is 0 Å². The van der Waals surface area contributed by atoms with Crippen molar-refractivity contribution in [2.45, 2.75) is 0 Å². The first-order valence-electron chi connectivity index (χ1n) is 6.21. The molecule has 0 amide bonds. The van der Waals surface area contributed by atoms with E-state index in [9.17, 15) is 9.90 Å². The fourth-order valence-electron chi connectivity index (χ4n) is 2.20. The first kappa shape index (κ1) is 12.6. The van der Waals surface area contributed by atoms with E-state index in [0.717, 1.165) is 23.0 Å². The summed E-state index contributed by atoms with van der Waals surface area (Å²) in [5.41, 5.74) is 3.56. The summed E-state index contributed by atoms with van der Waals surface area (Å²) in [6.45, 7) is 0. The summed E-state index contributed by atoms with van der Waals surface area (Å²) in [5, 5.41) is 11.9. The minimum Gasteiger partial charge on any atom is -0.507 e. The minimum absolute atomic E-state index is 0.186. The lowest BCUT2D eigenvalue weighted by atomic mass is 9.98. The number of benzene rings is 2. The van der Waals surface area contributed by atoms with Gasteiger partial charge in [-0.05, 0) is 34.7 Å². The van der Waals surface area contributed by atoms with Crippen molar-refractivity contribution in [2.24, 2.45) is 0 Å². The van der Waals surface area contributed by atoms with Crippen LogP contribution in [-0.2, 0) is 0 Å². The van der Waals surface area contributed by atoms with Crippen molar-refractivity contribution in [3.8, 4) is 28.0 Å². The van der Waals surface area contributed by atoms with Gasteiger partial charge in [-0.25, -0.2) is 0 Å². The molecule has 1 N–H and O–H groups in total. The van der Waals surface area contributed by atoms with E-state index in [2.05, 4.69) is 0 Å². The van der Waals surface area contributed by atoms with Gasteiger partial charge in [0.25, 0.3) is 0 Å². The highest BCUT2D eigenvalue weighted by molar-refractivity contribution is 7.12. The molecule has 0 aliphatic carbocycles. The van der Waals surface area contributed by atoms with Crippen LogP contribution < -0.4 is 0 Å². The second kappa shape index (κ2) is 5.31. The number of carbonyl (C=O) groups excluding carboxylic acids is 1. The molecule has 0 aliphatic heterocycles. The van der Waals surface area contributed by atoms with Crippen molar-refractivity contribution in [3.63, 3.8) is 0 Å².